The Bertz CT molecular complexity index is 803. The summed E-state index contributed by atoms with van der Waals surface area (Å²) in [6, 6.07) is 0. The molecule has 0 bridgehead atoms. The van der Waals surface area contributed by atoms with Gasteiger partial charge in [0.25, 0.3) is 0 Å². The predicted molar refractivity (Wildman–Crippen MR) is 101 cm³/mol. The summed E-state index contributed by atoms with van der Waals surface area (Å²) in [6.07, 6.45) is 6.40. The summed E-state index contributed by atoms with van der Waals surface area (Å²) in [7, 11) is 1.72. The maximum Gasteiger partial charge on any atom is 0.223 e. The summed E-state index contributed by atoms with van der Waals surface area (Å²) in [5.74, 6) is 1.54. The molecular formula is C20H28N4O3. The van der Waals surface area contributed by atoms with E-state index >= 15 is 0 Å². The molecule has 0 unspecified atom stereocenters. The topological polar surface area (TPSA) is 90.1 Å². The zero-order chi connectivity index (χ0) is 19.4. The summed E-state index contributed by atoms with van der Waals surface area (Å²) in [5, 5.41) is 7.09. The largest absolute Gasteiger partial charge is 0.381 e. The van der Waals surface area contributed by atoms with Crippen molar-refractivity contribution in [2.75, 3.05) is 13.7 Å². The van der Waals surface area contributed by atoms with Crippen molar-refractivity contribution in [3.05, 3.63) is 29.0 Å². The lowest BCUT2D eigenvalue weighted by Gasteiger charge is -2.27. The molecule has 0 spiro atoms. The van der Waals surface area contributed by atoms with Gasteiger partial charge in [-0.1, -0.05) is 11.6 Å². The van der Waals surface area contributed by atoms with Crippen LogP contribution >= 0.6 is 0 Å². The second-order valence-electron chi connectivity index (χ2n) is 7.26. The third-order valence-corrected chi connectivity index (χ3v) is 5.38. The number of aryl methyl sites for hydroxylation is 2. The average molecular weight is 372 g/mol. The first-order valence-electron chi connectivity index (χ1n) is 9.55. The highest BCUT2D eigenvalue weighted by Crippen LogP contribution is 2.28. The summed E-state index contributed by atoms with van der Waals surface area (Å²) in [4.78, 5) is 21.4. The minimum Gasteiger partial charge on any atom is -0.381 e. The standard InChI is InChI=1S/C20H28N4O3/c1-12-13(2)24-27-19(12)17-11-22-14(3)23-18(17)8-9-21-20(25)15-6-5-7-16(10-15)26-4/h11,15-16H,5-10H2,1-4H3,(H,21,25)/t15-,16-/m1/s1. The first-order chi connectivity index (χ1) is 13.0. The first kappa shape index (κ1) is 19.5. The number of hydrogen-bond acceptors (Lipinski definition) is 6. The number of nitrogens with zero attached hydrogens (tertiary/aromatic N) is 3. The van der Waals surface area contributed by atoms with Crippen LogP contribution < -0.4 is 5.32 Å². The van der Waals surface area contributed by atoms with Crippen LogP contribution in [0, 0.1) is 26.7 Å². The van der Waals surface area contributed by atoms with E-state index in [1.807, 2.05) is 20.8 Å². The summed E-state index contributed by atoms with van der Waals surface area (Å²) in [6.45, 7) is 6.27. The highest BCUT2D eigenvalue weighted by molar-refractivity contribution is 5.78. The number of carbonyl (C=O) groups excluding carboxylic acids is 1. The van der Waals surface area contributed by atoms with Crippen LogP contribution in [0.4, 0.5) is 0 Å². The van der Waals surface area contributed by atoms with Gasteiger partial charge in [0.05, 0.1) is 23.1 Å². The van der Waals surface area contributed by atoms with Crippen LogP contribution in [0.3, 0.4) is 0 Å². The van der Waals surface area contributed by atoms with E-state index in [2.05, 4.69) is 20.4 Å². The second kappa shape index (κ2) is 8.61. The van der Waals surface area contributed by atoms with Crippen LogP contribution in [0.5, 0.6) is 0 Å². The Morgan fingerprint density at radius 2 is 2.15 bits per heavy atom. The van der Waals surface area contributed by atoms with Crippen LogP contribution in [0.2, 0.25) is 0 Å². The minimum atomic E-state index is 0.0365. The smallest absolute Gasteiger partial charge is 0.223 e. The molecule has 1 saturated carbocycles. The van der Waals surface area contributed by atoms with Crippen molar-refractivity contribution in [1.82, 2.24) is 20.4 Å². The quantitative estimate of drug-likeness (QED) is 0.838. The Kier molecular flexibility index (Phi) is 6.21. The molecule has 27 heavy (non-hydrogen) atoms. The molecule has 1 aliphatic rings. The molecule has 0 aromatic carbocycles. The third kappa shape index (κ3) is 4.53. The number of carbonyl (C=O) groups is 1. The lowest BCUT2D eigenvalue weighted by Crippen LogP contribution is -2.36. The fourth-order valence-electron chi connectivity index (χ4n) is 3.61. The SMILES string of the molecule is CO[C@@H]1CCC[C@@H](C(=O)NCCc2nc(C)ncc2-c2onc(C)c2C)C1. The maximum atomic E-state index is 12.5. The van der Waals surface area contributed by atoms with Gasteiger partial charge in [-0.2, -0.15) is 0 Å². The van der Waals surface area contributed by atoms with Crippen LogP contribution in [0.25, 0.3) is 11.3 Å². The van der Waals surface area contributed by atoms with Gasteiger partial charge in [-0.25, -0.2) is 9.97 Å². The Morgan fingerprint density at radius 1 is 1.33 bits per heavy atom. The van der Waals surface area contributed by atoms with Crippen molar-refractivity contribution >= 4 is 5.91 Å². The molecule has 146 valence electrons. The molecule has 1 amide bonds. The molecule has 3 rings (SSSR count). The van der Waals surface area contributed by atoms with Crippen molar-refractivity contribution in [3.8, 4) is 11.3 Å². The molecule has 2 heterocycles. The molecule has 0 radical (unpaired) electrons. The maximum absolute atomic E-state index is 12.5. The van der Waals surface area contributed by atoms with Crippen LogP contribution in [-0.2, 0) is 16.0 Å². The fourth-order valence-corrected chi connectivity index (χ4v) is 3.61. The summed E-state index contributed by atoms with van der Waals surface area (Å²) in [5.41, 5.74) is 3.54. The number of hydrogen-bond donors (Lipinski definition) is 1. The normalized spacial score (nSPS) is 19.9. The number of methoxy groups -OCH3 is 1. The van der Waals surface area contributed by atoms with Crippen molar-refractivity contribution in [1.29, 1.82) is 0 Å². The Hall–Kier alpha value is -2.28. The van der Waals surface area contributed by atoms with Gasteiger partial charge < -0.3 is 14.6 Å². The van der Waals surface area contributed by atoms with E-state index in [-0.39, 0.29) is 17.9 Å². The number of aromatic nitrogens is 3. The van der Waals surface area contributed by atoms with Crippen molar-refractivity contribution in [2.24, 2.45) is 5.92 Å². The van der Waals surface area contributed by atoms with Gasteiger partial charge >= 0.3 is 0 Å². The summed E-state index contributed by atoms with van der Waals surface area (Å²) < 4.78 is 10.9. The zero-order valence-electron chi connectivity index (χ0n) is 16.5. The predicted octanol–water partition coefficient (Wildman–Crippen LogP) is 2.92. The van der Waals surface area contributed by atoms with E-state index in [0.717, 1.165) is 48.2 Å². The molecule has 7 heteroatoms. The zero-order valence-corrected chi connectivity index (χ0v) is 16.5. The first-order valence-corrected chi connectivity index (χ1v) is 9.55. The van der Waals surface area contributed by atoms with Crippen molar-refractivity contribution < 1.29 is 14.1 Å². The van der Waals surface area contributed by atoms with E-state index in [1.54, 1.807) is 13.3 Å². The van der Waals surface area contributed by atoms with Gasteiger partial charge in [0, 0.05) is 37.8 Å². The monoisotopic (exact) mass is 372 g/mol. The molecule has 2 atom stereocenters. The average Bonchev–Trinajstić information content (AvgIpc) is 3.00. The molecule has 1 fully saturated rings. The van der Waals surface area contributed by atoms with Gasteiger partial charge in [0.2, 0.25) is 5.91 Å². The Morgan fingerprint density at radius 3 is 2.85 bits per heavy atom. The molecular weight excluding hydrogens is 344 g/mol. The van der Waals surface area contributed by atoms with E-state index in [0.29, 0.717) is 24.6 Å². The molecule has 7 nitrogen and oxygen atoms in total. The van der Waals surface area contributed by atoms with Crippen LogP contribution in [0.15, 0.2) is 10.7 Å². The van der Waals surface area contributed by atoms with Crippen LogP contribution in [-0.4, -0.2) is 40.8 Å². The highest BCUT2D eigenvalue weighted by atomic mass is 16.5. The van der Waals surface area contributed by atoms with Gasteiger partial charge in [-0.05, 0) is 40.0 Å². The number of rotatable bonds is 6. The van der Waals surface area contributed by atoms with Crippen molar-refractivity contribution in [3.63, 3.8) is 0 Å². The molecule has 2 aromatic heterocycles. The van der Waals surface area contributed by atoms with E-state index in [9.17, 15) is 4.79 Å². The Balaban J connectivity index is 1.65. The molecule has 0 saturated heterocycles. The lowest BCUT2D eigenvalue weighted by atomic mass is 9.86. The van der Waals surface area contributed by atoms with E-state index in [1.165, 1.54) is 0 Å². The van der Waals surface area contributed by atoms with E-state index < -0.39 is 0 Å². The fraction of sp³-hybridized carbons (Fsp3) is 0.600. The lowest BCUT2D eigenvalue weighted by molar-refractivity contribution is -0.127. The molecule has 1 aliphatic carbocycles. The number of ether oxygens (including phenoxy) is 1. The second-order valence-corrected chi connectivity index (χ2v) is 7.26. The third-order valence-electron chi connectivity index (χ3n) is 5.38. The number of amides is 1. The van der Waals surface area contributed by atoms with E-state index in [4.69, 9.17) is 9.26 Å². The summed E-state index contributed by atoms with van der Waals surface area (Å²) >= 11 is 0. The van der Waals surface area contributed by atoms with Gasteiger partial charge in [-0.15, -0.1) is 0 Å². The van der Waals surface area contributed by atoms with Gasteiger partial charge in [0.1, 0.15) is 5.82 Å². The van der Waals surface area contributed by atoms with Gasteiger partial charge in [-0.3, -0.25) is 4.79 Å². The minimum absolute atomic E-state index is 0.0365. The molecule has 1 N–H and O–H groups in total. The highest BCUT2D eigenvalue weighted by Gasteiger charge is 2.27. The Labute approximate surface area is 159 Å². The number of nitrogens with one attached hydrogen (secondary N) is 1. The van der Waals surface area contributed by atoms with Crippen LogP contribution in [0.1, 0.15) is 48.5 Å². The van der Waals surface area contributed by atoms with Crippen molar-refractivity contribution in [2.45, 2.75) is 59.0 Å². The molecule has 2 aromatic rings. The van der Waals surface area contributed by atoms with Gasteiger partial charge in [0.15, 0.2) is 5.76 Å². The molecule has 0 aliphatic heterocycles.